The Morgan fingerprint density at radius 2 is 2.09 bits per heavy atom. The minimum absolute atomic E-state index is 0.0701. The summed E-state index contributed by atoms with van der Waals surface area (Å²) in [5.74, 6) is 0. The van der Waals surface area contributed by atoms with Crippen LogP contribution in [-0.2, 0) is 0 Å². The van der Waals surface area contributed by atoms with E-state index in [9.17, 15) is 9.90 Å². The summed E-state index contributed by atoms with van der Waals surface area (Å²) in [4.78, 5) is 14.4. The Morgan fingerprint density at radius 3 is 2.70 bits per heavy atom. The quantitative estimate of drug-likeness (QED) is 0.771. The van der Waals surface area contributed by atoms with E-state index >= 15 is 0 Å². The number of likely N-dealkylation sites (tertiary alicyclic amines) is 1. The molecule has 1 saturated heterocycles. The molecule has 2 aliphatic rings. The molecule has 2 atom stereocenters. The Hall–Kier alpha value is -1.30. The molecule has 1 aliphatic heterocycles. The highest BCUT2D eigenvalue weighted by Gasteiger charge is 2.42. The van der Waals surface area contributed by atoms with Gasteiger partial charge in [-0.25, -0.2) is 4.79 Å². The molecule has 3 rings (SSSR count). The summed E-state index contributed by atoms with van der Waals surface area (Å²) >= 11 is 5.97. The molecule has 1 heterocycles. The van der Waals surface area contributed by atoms with Gasteiger partial charge in [-0.05, 0) is 44.0 Å². The molecular weight excluding hydrogens is 314 g/mol. The first-order valence-electron chi connectivity index (χ1n) is 8.14. The third-order valence-electron chi connectivity index (χ3n) is 5.09. The van der Waals surface area contributed by atoms with Crippen LogP contribution in [-0.4, -0.2) is 48.8 Å². The summed E-state index contributed by atoms with van der Waals surface area (Å²) in [5, 5.41) is 16.0. The second-order valence-electron chi connectivity index (χ2n) is 6.86. The van der Waals surface area contributed by atoms with E-state index in [0.29, 0.717) is 6.54 Å². The average molecular weight is 338 g/mol. The number of carbonyl (C=O) groups is 1. The maximum absolute atomic E-state index is 12.2. The van der Waals surface area contributed by atoms with Crippen LogP contribution in [0.25, 0.3) is 0 Å². The molecule has 0 aromatic heterocycles. The van der Waals surface area contributed by atoms with Crippen molar-refractivity contribution in [2.75, 3.05) is 26.7 Å². The van der Waals surface area contributed by atoms with Crippen LogP contribution in [0, 0.1) is 5.41 Å². The van der Waals surface area contributed by atoms with Crippen molar-refractivity contribution in [3.05, 3.63) is 34.9 Å². The lowest BCUT2D eigenvalue weighted by Gasteiger charge is -2.26. The zero-order valence-electron chi connectivity index (χ0n) is 13.4. The minimum Gasteiger partial charge on any atom is -0.396 e. The zero-order valence-corrected chi connectivity index (χ0v) is 14.1. The van der Waals surface area contributed by atoms with Gasteiger partial charge in [0.25, 0.3) is 0 Å². The first-order chi connectivity index (χ1) is 11.0. The third-order valence-corrected chi connectivity index (χ3v) is 5.35. The highest BCUT2D eigenvalue weighted by Crippen LogP contribution is 2.44. The van der Waals surface area contributed by atoms with Gasteiger partial charge in [0.15, 0.2) is 0 Å². The van der Waals surface area contributed by atoms with Crippen molar-refractivity contribution in [2.45, 2.75) is 31.3 Å². The van der Waals surface area contributed by atoms with Gasteiger partial charge in [-0.15, -0.1) is 0 Å². The van der Waals surface area contributed by atoms with Gasteiger partial charge in [-0.2, -0.15) is 0 Å². The summed E-state index contributed by atoms with van der Waals surface area (Å²) in [6.45, 7) is 1.63. The molecule has 2 fully saturated rings. The maximum atomic E-state index is 12.2. The number of rotatable bonds is 5. The van der Waals surface area contributed by atoms with Crippen molar-refractivity contribution < 1.29 is 9.90 Å². The van der Waals surface area contributed by atoms with E-state index in [-0.39, 0.29) is 30.1 Å². The third kappa shape index (κ3) is 3.79. The molecule has 2 amide bonds. The van der Waals surface area contributed by atoms with E-state index in [2.05, 4.69) is 22.6 Å². The number of likely N-dealkylation sites (N-methyl/N-ethyl adjacent to an activating group) is 1. The van der Waals surface area contributed by atoms with Gasteiger partial charge >= 0.3 is 6.03 Å². The molecule has 126 valence electrons. The summed E-state index contributed by atoms with van der Waals surface area (Å²) < 4.78 is 0. The number of nitrogens with one attached hydrogen (secondary N) is 2. The normalized spacial score (nSPS) is 26.0. The molecule has 3 N–H and O–H groups in total. The molecular formula is C17H24ClN3O2. The second kappa shape index (κ2) is 6.67. The van der Waals surface area contributed by atoms with Gasteiger partial charge in [-0.1, -0.05) is 23.7 Å². The number of halogens is 1. The van der Waals surface area contributed by atoms with Crippen LogP contribution in [0.15, 0.2) is 24.3 Å². The first-order valence-corrected chi connectivity index (χ1v) is 8.52. The molecule has 1 aliphatic carbocycles. The Labute approximate surface area is 142 Å². The summed E-state index contributed by atoms with van der Waals surface area (Å²) in [7, 11) is 2.07. The van der Waals surface area contributed by atoms with Crippen molar-refractivity contribution in [1.82, 2.24) is 15.5 Å². The fraction of sp³-hybridized carbons (Fsp3) is 0.588. The molecule has 5 nitrogen and oxygen atoms in total. The monoisotopic (exact) mass is 337 g/mol. The topological polar surface area (TPSA) is 64.6 Å². The van der Waals surface area contributed by atoms with Crippen LogP contribution in [0.2, 0.25) is 5.02 Å². The van der Waals surface area contributed by atoms with Gasteiger partial charge in [0, 0.05) is 23.5 Å². The minimum atomic E-state index is -0.149. The number of nitrogens with zero attached hydrogens (tertiary/aromatic N) is 1. The van der Waals surface area contributed by atoms with Crippen LogP contribution in [0.4, 0.5) is 4.79 Å². The Bertz CT molecular complexity index is 559. The highest BCUT2D eigenvalue weighted by atomic mass is 35.5. The first kappa shape index (κ1) is 16.6. The van der Waals surface area contributed by atoms with Gasteiger partial charge in [-0.3, -0.25) is 4.90 Å². The Kier molecular flexibility index (Phi) is 4.80. The predicted octanol–water partition coefficient (Wildman–Crippen LogP) is 2.16. The summed E-state index contributed by atoms with van der Waals surface area (Å²) in [5.41, 5.74) is 1.09. The Morgan fingerprint density at radius 1 is 1.39 bits per heavy atom. The molecule has 0 radical (unpaired) electrons. The molecule has 2 unspecified atom stereocenters. The number of aliphatic hydroxyl groups is 1. The van der Waals surface area contributed by atoms with E-state index in [1.807, 2.05) is 24.3 Å². The number of hydrogen-bond donors (Lipinski definition) is 3. The number of benzene rings is 1. The molecule has 1 aromatic carbocycles. The lowest BCUT2D eigenvalue weighted by Crippen LogP contribution is -2.46. The van der Waals surface area contributed by atoms with E-state index < -0.39 is 0 Å². The molecule has 0 spiro atoms. The zero-order chi connectivity index (χ0) is 16.4. The van der Waals surface area contributed by atoms with Crippen molar-refractivity contribution in [1.29, 1.82) is 0 Å². The fourth-order valence-electron chi connectivity index (χ4n) is 3.30. The smallest absolute Gasteiger partial charge is 0.315 e. The number of amides is 2. The van der Waals surface area contributed by atoms with E-state index in [0.717, 1.165) is 36.4 Å². The van der Waals surface area contributed by atoms with Crippen molar-refractivity contribution in [2.24, 2.45) is 5.41 Å². The molecule has 1 saturated carbocycles. The molecule has 1 aromatic rings. The van der Waals surface area contributed by atoms with Crippen LogP contribution >= 0.6 is 11.6 Å². The summed E-state index contributed by atoms with van der Waals surface area (Å²) in [6.07, 6.45) is 2.90. The molecule has 6 heteroatoms. The number of aliphatic hydroxyl groups excluding tert-OH is 1. The predicted molar refractivity (Wildman–Crippen MR) is 90.5 cm³/mol. The number of urea groups is 1. The van der Waals surface area contributed by atoms with Gasteiger partial charge in [0.05, 0.1) is 18.7 Å². The maximum Gasteiger partial charge on any atom is 0.315 e. The highest BCUT2D eigenvalue weighted by molar-refractivity contribution is 6.30. The molecule has 23 heavy (non-hydrogen) atoms. The average Bonchev–Trinajstić information content (AvgIpc) is 3.25. The lowest BCUT2D eigenvalue weighted by molar-refractivity contribution is 0.200. The molecule has 0 bridgehead atoms. The lowest BCUT2D eigenvalue weighted by atomic mass is 10.0. The van der Waals surface area contributed by atoms with Crippen LogP contribution in [0.5, 0.6) is 0 Å². The van der Waals surface area contributed by atoms with Crippen molar-refractivity contribution >= 4 is 17.6 Å². The standard InChI is InChI=1S/C17H24ClN3O2/c1-21-9-6-14(15(21)12-2-4-13(18)5-3-12)20-16(23)19-10-17(11-22)7-8-17/h2-5,14-15,22H,6-11H2,1H3,(H2,19,20,23). The number of hydrogen-bond acceptors (Lipinski definition) is 3. The van der Waals surface area contributed by atoms with Crippen LogP contribution < -0.4 is 10.6 Å². The largest absolute Gasteiger partial charge is 0.396 e. The summed E-state index contributed by atoms with van der Waals surface area (Å²) in [6, 6.07) is 7.90. The van der Waals surface area contributed by atoms with Crippen LogP contribution in [0.1, 0.15) is 30.9 Å². The second-order valence-corrected chi connectivity index (χ2v) is 7.29. The van der Waals surface area contributed by atoms with Gasteiger partial charge in [0.2, 0.25) is 0 Å². The van der Waals surface area contributed by atoms with Crippen molar-refractivity contribution in [3.8, 4) is 0 Å². The van der Waals surface area contributed by atoms with E-state index in [1.165, 1.54) is 0 Å². The fourth-order valence-corrected chi connectivity index (χ4v) is 3.43. The van der Waals surface area contributed by atoms with E-state index in [1.54, 1.807) is 0 Å². The van der Waals surface area contributed by atoms with Gasteiger partial charge < -0.3 is 15.7 Å². The number of carbonyl (C=O) groups excluding carboxylic acids is 1. The Balaban J connectivity index is 1.59. The van der Waals surface area contributed by atoms with Crippen molar-refractivity contribution in [3.63, 3.8) is 0 Å². The van der Waals surface area contributed by atoms with Gasteiger partial charge in [0.1, 0.15) is 0 Å². The van der Waals surface area contributed by atoms with Crippen LogP contribution in [0.3, 0.4) is 0 Å². The van der Waals surface area contributed by atoms with E-state index in [4.69, 9.17) is 11.6 Å². The SMILES string of the molecule is CN1CCC(NC(=O)NCC2(CO)CC2)C1c1ccc(Cl)cc1.